The third kappa shape index (κ3) is 4.99. The molecular formula is C20H20N2O2. The van der Waals surface area contributed by atoms with Crippen molar-refractivity contribution in [3.8, 4) is 11.8 Å². The summed E-state index contributed by atoms with van der Waals surface area (Å²) in [6, 6.07) is 16.7. The Balaban J connectivity index is 2.16. The minimum absolute atomic E-state index is 0.0455. The maximum Gasteiger partial charge on any atom is 0.266 e. The Morgan fingerprint density at radius 1 is 1.25 bits per heavy atom. The molecule has 0 radical (unpaired) electrons. The standard InChI is InChI=1S/C20H20N2O2/c1-3-10-24-19-9-5-7-16(13-19)12-17(14-21)20(23)22-18-8-4-6-15(2)11-18/h4-9,11-13H,3,10H2,1-2H3,(H,22,23)/b17-12-. The summed E-state index contributed by atoms with van der Waals surface area (Å²) in [6.45, 7) is 4.61. The largest absolute Gasteiger partial charge is 0.494 e. The van der Waals surface area contributed by atoms with E-state index in [2.05, 4.69) is 5.32 Å². The van der Waals surface area contributed by atoms with Gasteiger partial charge in [-0.1, -0.05) is 31.2 Å². The van der Waals surface area contributed by atoms with Crippen LogP contribution in [0.5, 0.6) is 5.75 Å². The molecule has 2 aromatic carbocycles. The average Bonchev–Trinajstić information content (AvgIpc) is 2.58. The highest BCUT2D eigenvalue weighted by Gasteiger charge is 2.10. The van der Waals surface area contributed by atoms with Gasteiger partial charge in [-0.2, -0.15) is 5.26 Å². The minimum Gasteiger partial charge on any atom is -0.494 e. The van der Waals surface area contributed by atoms with Gasteiger partial charge in [-0.3, -0.25) is 4.79 Å². The van der Waals surface area contributed by atoms with Crippen LogP contribution in [-0.2, 0) is 4.79 Å². The lowest BCUT2D eigenvalue weighted by Crippen LogP contribution is -2.13. The molecule has 2 rings (SSSR count). The minimum atomic E-state index is -0.428. The highest BCUT2D eigenvalue weighted by molar-refractivity contribution is 6.09. The molecule has 0 heterocycles. The van der Waals surface area contributed by atoms with E-state index < -0.39 is 5.91 Å². The molecule has 1 amide bonds. The average molecular weight is 320 g/mol. The fraction of sp³-hybridized carbons (Fsp3) is 0.200. The van der Waals surface area contributed by atoms with Gasteiger partial charge in [0.25, 0.3) is 5.91 Å². The van der Waals surface area contributed by atoms with Crippen LogP contribution >= 0.6 is 0 Å². The normalized spacial score (nSPS) is 10.8. The van der Waals surface area contributed by atoms with Gasteiger partial charge < -0.3 is 10.1 Å². The topological polar surface area (TPSA) is 62.1 Å². The summed E-state index contributed by atoms with van der Waals surface area (Å²) in [5, 5.41) is 12.0. The predicted molar refractivity (Wildman–Crippen MR) is 95.6 cm³/mol. The van der Waals surface area contributed by atoms with Crippen molar-refractivity contribution in [1.82, 2.24) is 0 Å². The van der Waals surface area contributed by atoms with E-state index in [9.17, 15) is 10.1 Å². The summed E-state index contributed by atoms with van der Waals surface area (Å²) >= 11 is 0. The number of nitrogens with one attached hydrogen (secondary N) is 1. The van der Waals surface area contributed by atoms with Crippen molar-refractivity contribution in [2.75, 3.05) is 11.9 Å². The van der Waals surface area contributed by atoms with Crippen molar-refractivity contribution in [1.29, 1.82) is 5.26 Å². The molecule has 2 aromatic rings. The van der Waals surface area contributed by atoms with Gasteiger partial charge in [0, 0.05) is 5.69 Å². The first-order chi connectivity index (χ1) is 11.6. The van der Waals surface area contributed by atoms with E-state index in [1.165, 1.54) is 0 Å². The third-order valence-electron chi connectivity index (χ3n) is 3.28. The molecule has 0 aliphatic heterocycles. The second-order valence-electron chi connectivity index (χ2n) is 5.41. The Hall–Kier alpha value is -3.06. The van der Waals surface area contributed by atoms with Gasteiger partial charge in [0.1, 0.15) is 17.4 Å². The fourth-order valence-corrected chi connectivity index (χ4v) is 2.15. The van der Waals surface area contributed by atoms with Crippen LogP contribution in [-0.4, -0.2) is 12.5 Å². The number of benzene rings is 2. The van der Waals surface area contributed by atoms with E-state index in [0.717, 1.165) is 23.3 Å². The molecule has 0 aliphatic carbocycles. The van der Waals surface area contributed by atoms with E-state index in [4.69, 9.17) is 4.74 Å². The summed E-state index contributed by atoms with van der Waals surface area (Å²) in [7, 11) is 0. The number of amides is 1. The van der Waals surface area contributed by atoms with E-state index in [0.29, 0.717) is 12.3 Å². The maximum absolute atomic E-state index is 12.3. The molecule has 0 aliphatic rings. The Morgan fingerprint density at radius 2 is 2.04 bits per heavy atom. The van der Waals surface area contributed by atoms with Crippen LogP contribution in [0.4, 0.5) is 5.69 Å². The highest BCUT2D eigenvalue weighted by Crippen LogP contribution is 2.17. The first-order valence-electron chi connectivity index (χ1n) is 7.85. The van der Waals surface area contributed by atoms with Crippen molar-refractivity contribution < 1.29 is 9.53 Å². The highest BCUT2D eigenvalue weighted by atomic mass is 16.5. The van der Waals surface area contributed by atoms with E-state index in [1.54, 1.807) is 12.1 Å². The molecule has 0 spiro atoms. The first kappa shape index (κ1) is 17.3. The van der Waals surface area contributed by atoms with Crippen LogP contribution in [0.25, 0.3) is 6.08 Å². The fourth-order valence-electron chi connectivity index (χ4n) is 2.15. The van der Waals surface area contributed by atoms with Gasteiger partial charge >= 0.3 is 0 Å². The van der Waals surface area contributed by atoms with Crippen molar-refractivity contribution >= 4 is 17.7 Å². The van der Waals surface area contributed by atoms with Crippen molar-refractivity contribution in [2.24, 2.45) is 0 Å². The molecule has 0 fully saturated rings. The van der Waals surface area contributed by atoms with Crippen LogP contribution in [0.1, 0.15) is 24.5 Å². The summed E-state index contributed by atoms with van der Waals surface area (Å²) in [5.41, 5.74) is 2.50. The zero-order valence-electron chi connectivity index (χ0n) is 13.9. The molecule has 0 saturated carbocycles. The summed E-state index contributed by atoms with van der Waals surface area (Å²) in [5.74, 6) is 0.296. The number of hydrogen-bond donors (Lipinski definition) is 1. The zero-order chi connectivity index (χ0) is 17.4. The second kappa shape index (κ2) is 8.54. The second-order valence-corrected chi connectivity index (χ2v) is 5.41. The summed E-state index contributed by atoms with van der Waals surface area (Å²) in [6.07, 6.45) is 2.48. The molecule has 0 saturated heterocycles. The van der Waals surface area contributed by atoms with Crippen LogP contribution in [0.3, 0.4) is 0 Å². The number of hydrogen-bond acceptors (Lipinski definition) is 3. The lowest BCUT2D eigenvalue weighted by atomic mass is 10.1. The van der Waals surface area contributed by atoms with Crippen molar-refractivity contribution in [3.63, 3.8) is 0 Å². The van der Waals surface area contributed by atoms with Gasteiger partial charge in [-0.15, -0.1) is 0 Å². The molecular weight excluding hydrogens is 300 g/mol. The van der Waals surface area contributed by atoms with Gasteiger partial charge in [0.2, 0.25) is 0 Å². The lowest BCUT2D eigenvalue weighted by molar-refractivity contribution is -0.112. The van der Waals surface area contributed by atoms with Crippen LogP contribution < -0.4 is 10.1 Å². The number of nitrogens with zero attached hydrogens (tertiary/aromatic N) is 1. The van der Waals surface area contributed by atoms with Gasteiger partial charge in [0.15, 0.2) is 0 Å². The Labute approximate surface area is 142 Å². The molecule has 0 bridgehead atoms. The number of anilines is 1. The maximum atomic E-state index is 12.3. The van der Waals surface area contributed by atoms with Gasteiger partial charge in [-0.25, -0.2) is 0 Å². The molecule has 4 heteroatoms. The molecule has 1 N–H and O–H groups in total. The zero-order valence-corrected chi connectivity index (χ0v) is 13.9. The number of carbonyl (C=O) groups is 1. The SMILES string of the molecule is CCCOc1cccc(/C=C(/C#N)C(=O)Nc2cccc(C)c2)c1. The van der Waals surface area contributed by atoms with Crippen LogP contribution in [0.15, 0.2) is 54.1 Å². The Morgan fingerprint density at radius 3 is 2.75 bits per heavy atom. The predicted octanol–water partition coefficient (Wildman–Crippen LogP) is 4.33. The number of carbonyl (C=O) groups excluding carboxylic acids is 1. The van der Waals surface area contributed by atoms with E-state index in [-0.39, 0.29) is 5.57 Å². The molecule has 0 aromatic heterocycles. The first-order valence-corrected chi connectivity index (χ1v) is 7.85. The Bertz CT molecular complexity index is 788. The number of ether oxygens (including phenoxy) is 1. The van der Waals surface area contributed by atoms with E-state index in [1.807, 2.05) is 62.4 Å². The molecule has 122 valence electrons. The summed E-state index contributed by atoms with van der Waals surface area (Å²) in [4.78, 5) is 12.3. The number of rotatable bonds is 6. The molecule has 24 heavy (non-hydrogen) atoms. The smallest absolute Gasteiger partial charge is 0.266 e. The van der Waals surface area contributed by atoms with Crippen LogP contribution in [0, 0.1) is 18.3 Å². The lowest BCUT2D eigenvalue weighted by Gasteiger charge is -2.06. The van der Waals surface area contributed by atoms with Crippen LogP contribution in [0.2, 0.25) is 0 Å². The monoisotopic (exact) mass is 320 g/mol. The van der Waals surface area contributed by atoms with E-state index >= 15 is 0 Å². The quantitative estimate of drug-likeness (QED) is 0.636. The van der Waals surface area contributed by atoms with Crippen molar-refractivity contribution in [3.05, 3.63) is 65.2 Å². The molecule has 0 atom stereocenters. The summed E-state index contributed by atoms with van der Waals surface area (Å²) < 4.78 is 5.57. The number of nitriles is 1. The van der Waals surface area contributed by atoms with Gasteiger partial charge in [-0.05, 0) is 54.8 Å². The third-order valence-corrected chi connectivity index (χ3v) is 3.28. The Kier molecular flexibility index (Phi) is 6.16. The number of aryl methyl sites for hydroxylation is 1. The van der Waals surface area contributed by atoms with Gasteiger partial charge in [0.05, 0.1) is 6.61 Å². The molecule has 4 nitrogen and oxygen atoms in total. The molecule has 0 unspecified atom stereocenters. The van der Waals surface area contributed by atoms with Crippen molar-refractivity contribution in [2.45, 2.75) is 20.3 Å².